The monoisotopic (exact) mass is 379 g/mol. The van der Waals surface area contributed by atoms with Gasteiger partial charge in [0.15, 0.2) is 0 Å². The van der Waals surface area contributed by atoms with E-state index in [0.717, 1.165) is 24.9 Å². The molecule has 3 aromatic rings. The summed E-state index contributed by atoms with van der Waals surface area (Å²) in [5, 5.41) is 4.87. The largest absolute Gasteiger partial charge is 0.361 e. The standard InChI is InChI=1S/C22H25N3OS/c1-2-17-14-25(20-9-5-6-10-21(20)27-17)15-22(26)23-12-11-16-13-24-19-8-4-3-7-18(16)19/h3-10,13,17,24H,2,11-12,14-15H2,1H3,(H,23,26). The third-order valence-electron chi connectivity index (χ3n) is 5.10. The van der Waals surface area contributed by atoms with Crippen molar-refractivity contribution in [1.82, 2.24) is 10.3 Å². The molecule has 1 aromatic heterocycles. The lowest BCUT2D eigenvalue weighted by molar-refractivity contribution is -0.119. The Balaban J connectivity index is 1.35. The summed E-state index contributed by atoms with van der Waals surface area (Å²) in [7, 11) is 0. The van der Waals surface area contributed by atoms with Gasteiger partial charge in [-0.1, -0.05) is 37.3 Å². The molecule has 0 saturated heterocycles. The van der Waals surface area contributed by atoms with Crippen molar-refractivity contribution in [1.29, 1.82) is 0 Å². The van der Waals surface area contributed by atoms with Crippen molar-refractivity contribution in [2.24, 2.45) is 0 Å². The van der Waals surface area contributed by atoms with Crippen LogP contribution in [0.4, 0.5) is 5.69 Å². The van der Waals surface area contributed by atoms with Crippen LogP contribution in [0.1, 0.15) is 18.9 Å². The number of aromatic nitrogens is 1. The molecule has 1 amide bonds. The molecule has 1 atom stereocenters. The van der Waals surface area contributed by atoms with Crippen molar-refractivity contribution in [3.63, 3.8) is 0 Å². The number of carbonyl (C=O) groups excluding carboxylic acids is 1. The molecule has 5 heteroatoms. The number of nitrogens with one attached hydrogen (secondary N) is 2. The molecule has 2 heterocycles. The van der Waals surface area contributed by atoms with Gasteiger partial charge in [-0.3, -0.25) is 4.79 Å². The number of para-hydroxylation sites is 2. The van der Waals surface area contributed by atoms with Crippen molar-refractivity contribution >= 4 is 34.3 Å². The number of hydrogen-bond acceptors (Lipinski definition) is 3. The Bertz CT molecular complexity index is 936. The third-order valence-corrected chi connectivity index (χ3v) is 6.52. The van der Waals surface area contributed by atoms with E-state index in [1.807, 2.05) is 36.2 Å². The van der Waals surface area contributed by atoms with Crippen molar-refractivity contribution in [2.45, 2.75) is 29.9 Å². The highest BCUT2D eigenvalue weighted by Gasteiger charge is 2.25. The molecule has 1 aliphatic rings. The molecule has 0 spiro atoms. The van der Waals surface area contributed by atoms with E-state index in [-0.39, 0.29) is 5.91 Å². The minimum atomic E-state index is 0.0893. The van der Waals surface area contributed by atoms with Gasteiger partial charge >= 0.3 is 0 Å². The molecule has 0 bridgehead atoms. The molecule has 2 N–H and O–H groups in total. The maximum atomic E-state index is 12.5. The summed E-state index contributed by atoms with van der Waals surface area (Å²) in [4.78, 5) is 19.3. The average molecular weight is 380 g/mol. The highest BCUT2D eigenvalue weighted by atomic mass is 32.2. The summed E-state index contributed by atoms with van der Waals surface area (Å²) < 4.78 is 0. The number of nitrogens with zero attached hydrogens (tertiary/aromatic N) is 1. The topological polar surface area (TPSA) is 48.1 Å². The highest BCUT2D eigenvalue weighted by molar-refractivity contribution is 8.00. The zero-order chi connectivity index (χ0) is 18.6. The average Bonchev–Trinajstić information content (AvgIpc) is 3.11. The van der Waals surface area contributed by atoms with Gasteiger partial charge in [0, 0.05) is 40.3 Å². The van der Waals surface area contributed by atoms with Crippen LogP contribution < -0.4 is 10.2 Å². The van der Waals surface area contributed by atoms with Crippen LogP contribution in [0.15, 0.2) is 59.6 Å². The first-order chi connectivity index (χ1) is 13.2. The number of aromatic amines is 1. The minimum absolute atomic E-state index is 0.0893. The maximum absolute atomic E-state index is 12.5. The van der Waals surface area contributed by atoms with Crippen LogP contribution in [0.2, 0.25) is 0 Å². The Morgan fingerprint density at radius 1 is 1.22 bits per heavy atom. The Hall–Kier alpha value is -2.40. The number of H-pyrrole nitrogens is 1. The fraction of sp³-hybridized carbons (Fsp3) is 0.318. The van der Waals surface area contributed by atoms with Gasteiger partial charge in [0.25, 0.3) is 0 Å². The van der Waals surface area contributed by atoms with Crippen molar-refractivity contribution in [2.75, 3.05) is 24.5 Å². The molecule has 1 unspecified atom stereocenters. The molecule has 140 valence electrons. The van der Waals surface area contributed by atoms with Gasteiger partial charge < -0.3 is 15.2 Å². The van der Waals surface area contributed by atoms with Gasteiger partial charge in [0.1, 0.15) is 0 Å². The van der Waals surface area contributed by atoms with E-state index in [9.17, 15) is 4.79 Å². The molecule has 1 aliphatic heterocycles. The van der Waals surface area contributed by atoms with E-state index in [0.29, 0.717) is 18.3 Å². The fourth-order valence-electron chi connectivity index (χ4n) is 3.65. The first-order valence-electron chi connectivity index (χ1n) is 9.57. The lowest BCUT2D eigenvalue weighted by Crippen LogP contribution is -2.42. The fourth-order valence-corrected chi connectivity index (χ4v) is 4.90. The number of amides is 1. The Morgan fingerprint density at radius 2 is 2.04 bits per heavy atom. The molecule has 4 rings (SSSR count). The van der Waals surface area contributed by atoms with Crippen molar-refractivity contribution in [3.8, 4) is 0 Å². The summed E-state index contributed by atoms with van der Waals surface area (Å²) >= 11 is 1.93. The van der Waals surface area contributed by atoms with E-state index in [2.05, 4.69) is 52.5 Å². The van der Waals surface area contributed by atoms with Gasteiger partial charge in [-0.05, 0) is 36.6 Å². The number of hydrogen-bond donors (Lipinski definition) is 2. The second-order valence-corrected chi connectivity index (χ2v) is 8.30. The quantitative estimate of drug-likeness (QED) is 0.674. The number of rotatable bonds is 6. The van der Waals surface area contributed by atoms with Crippen LogP contribution in [0, 0.1) is 0 Å². The second-order valence-electron chi connectivity index (χ2n) is 6.96. The van der Waals surface area contributed by atoms with E-state index in [4.69, 9.17) is 0 Å². The van der Waals surface area contributed by atoms with Gasteiger partial charge in [0.2, 0.25) is 5.91 Å². The number of fused-ring (bicyclic) bond motifs is 2. The van der Waals surface area contributed by atoms with E-state index in [1.165, 1.54) is 21.5 Å². The zero-order valence-corrected chi connectivity index (χ0v) is 16.4. The summed E-state index contributed by atoms with van der Waals surface area (Å²) in [6.07, 6.45) is 3.98. The smallest absolute Gasteiger partial charge is 0.239 e. The lowest BCUT2D eigenvalue weighted by atomic mass is 10.1. The molecule has 2 aromatic carbocycles. The lowest BCUT2D eigenvalue weighted by Gasteiger charge is -2.34. The molecule has 0 saturated carbocycles. The van der Waals surface area contributed by atoms with Crippen LogP contribution in [0.5, 0.6) is 0 Å². The van der Waals surface area contributed by atoms with E-state index in [1.54, 1.807) is 0 Å². The van der Waals surface area contributed by atoms with Gasteiger partial charge in [-0.15, -0.1) is 11.8 Å². The highest BCUT2D eigenvalue weighted by Crippen LogP contribution is 2.39. The van der Waals surface area contributed by atoms with Crippen LogP contribution >= 0.6 is 11.8 Å². The third kappa shape index (κ3) is 3.98. The predicted octanol–water partition coefficient (Wildman–Crippen LogP) is 4.22. The molecule has 0 radical (unpaired) electrons. The SMILES string of the molecule is CCC1CN(CC(=O)NCCc2c[nH]c3ccccc23)c2ccccc2S1. The van der Waals surface area contributed by atoms with Crippen LogP contribution in [0.25, 0.3) is 10.9 Å². The van der Waals surface area contributed by atoms with Gasteiger partial charge in [-0.2, -0.15) is 0 Å². The van der Waals surface area contributed by atoms with Crippen molar-refractivity contribution < 1.29 is 4.79 Å². The molecular weight excluding hydrogens is 354 g/mol. The predicted molar refractivity (Wildman–Crippen MR) is 114 cm³/mol. The molecule has 4 nitrogen and oxygen atoms in total. The molecule has 27 heavy (non-hydrogen) atoms. The molecule has 0 fully saturated rings. The van der Waals surface area contributed by atoms with Gasteiger partial charge in [-0.25, -0.2) is 0 Å². The summed E-state index contributed by atoms with van der Waals surface area (Å²) in [5.41, 5.74) is 3.57. The van der Waals surface area contributed by atoms with E-state index >= 15 is 0 Å². The normalized spacial score (nSPS) is 16.3. The molecular formula is C22H25N3OS. The van der Waals surface area contributed by atoms with Crippen LogP contribution in [-0.2, 0) is 11.2 Å². The Labute approximate surface area is 164 Å². The number of carbonyl (C=O) groups is 1. The number of thioether (sulfide) groups is 1. The first kappa shape index (κ1) is 18.0. The van der Waals surface area contributed by atoms with Crippen LogP contribution in [-0.4, -0.2) is 35.8 Å². The summed E-state index contributed by atoms with van der Waals surface area (Å²) in [6, 6.07) is 16.7. The number of benzene rings is 2. The van der Waals surface area contributed by atoms with Gasteiger partial charge in [0.05, 0.1) is 12.2 Å². The van der Waals surface area contributed by atoms with E-state index < -0.39 is 0 Å². The molecule has 0 aliphatic carbocycles. The Kier molecular flexibility index (Phi) is 5.39. The minimum Gasteiger partial charge on any atom is -0.361 e. The zero-order valence-electron chi connectivity index (χ0n) is 15.6. The van der Waals surface area contributed by atoms with Crippen LogP contribution in [0.3, 0.4) is 0 Å². The first-order valence-corrected chi connectivity index (χ1v) is 10.4. The Morgan fingerprint density at radius 3 is 2.93 bits per heavy atom. The van der Waals surface area contributed by atoms with Crippen molar-refractivity contribution in [3.05, 3.63) is 60.3 Å². The summed E-state index contributed by atoms with van der Waals surface area (Å²) in [5.74, 6) is 0.0893. The summed E-state index contributed by atoms with van der Waals surface area (Å²) in [6.45, 7) is 4.21. The maximum Gasteiger partial charge on any atom is 0.239 e. The number of anilines is 1. The second kappa shape index (κ2) is 8.09.